The molecule has 0 heterocycles. The Labute approximate surface area is 241 Å². The quantitative estimate of drug-likeness (QED) is 0.281. The fourth-order valence-corrected chi connectivity index (χ4v) is 5.75. The van der Waals surface area contributed by atoms with E-state index in [0.717, 1.165) is 58.0 Å². The van der Waals surface area contributed by atoms with Gasteiger partial charge in [-0.25, -0.2) is 0 Å². The van der Waals surface area contributed by atoms with Gasteiger partial charge in [-0.15, -0.1) is 0 Å². The number of ether oxygens (including phenoxy) is 1. The van der Waals surface area contributed by atoms with Crippen molar-refractivity contribution in [3.05, 3.63) is 99.0 Å². The topological polar surface area (TPSA) is 58.6 Å². The monoisotopic (exact) mass is 590 g/mol. The highest BCUT2D eigenvalue weighted by Gasteiger charge is 2.32. The molecule has 1 atom stereocenters. The molecule has 0 saturated heterocycles. The highest BCUT2D eigenvalue weighted by Crippen LogP contribution is 2.24. The van der Waals surface area contributed by atoms with E-state index in [1.54, 1.807) is 4.90 Å². The molecule has 39 heavy (non-hydrogen) atoms. The van der Waals surface area contributed by atoms with Crippen molar-refractivity contribution in [1.82, 2.24) is 10.2 Å². The maximum atomic E-state index is 13.9. The van der Waals surface area contributed by atoms with E-state index in [1.165, 1.54) is 6.42 Å². The van der Waals surface area contributed by atoms with Crippen LogP contribution in [0.3, 0.4) is 0 Å². The summed E-state index contributed by atoms with van der Waals surface area (Å²) in [6.07, 6.45) is 5.86. The third-order valence-electron chi connectivity index (χ3n) is 7.58. The molecule has 4 rings (SSSR count). The van der Waals surface area contributed by atoms with Gasteiger partial charge in [-0.1, -0.05) is 83.7 Å². The van der Waals surface area contributed by atoms with Crippen LogP contribution in [0, 0.1) is 20.8 Å². The third kappa shape index (κ3) is 8.18. The molecule has 1 saturated carbocycles. The fraction of sp³-hybridized carbons (Fsp3) is 0.394. The maximum absolute atomic E-state index is 13.9. The van der Waals surface area contributed by atoms with E-state index in [1.807, 2.05) is 81.4 Å². The molecule has 5 nitrogen and oxygen atoms in total. The predicted molar refractivity (Wildman–Crippen MR) is 160 cm³/mol. The second-order valence-electron chi connectivity index (χ2n) is 10.7. The van der Waals surface area contributed by atoms with Gasteiger partial charge >= 0.3 is 0 Å². The van der Waals surface area contributed by atoms with Crippen molar-refractivity contribution in [2.24, 2.45) is 0 Å². The van der Waals surface area contributed by atoms with Crippen molar-refractivity contribution in [2.75, 3.05) is 6.61 Å². The van der Waals surface area contributed by atoms with E-state index in [0.29, 0.717) is 18.7 Å². The Bertz CT molecular complexity index is 1270. The summed E-state index contributed by atoms with van der Waals surface area (Å²) in [5.41, 5.74) is 5.18. The molecule has 6 heteroatoms. The van der Waals surface area contributed by atoms with Gasteiger partial charge in [0.2, 0.25) is 5.91 Å². The van der Waals surface area contributed by atoms with E-state index >= 15 is 0 Å². The van der Waals surface area contributed by atoms with Crippen LogP contribution in [0.25, 0.3) is 0 Å². The molecule has 0 aliphatic heterocycles. The Morgan fingerprint density at radius 1 is 0.949 bits per heavy atom. The molecule has 0 radical (unpaired) electrons. The SMILES string of the molecule is Cc1cc(C)c(C)c(OCC(=O)N(Cc2cccc(Br)c2)C(Cc2ccccc2)C(=O)NC2CCCCC2)c1. The summed E-state index contributed by atoms with van der Waals surface area (Å²) in [7, 11) is 0. The van der Waals surface area contributed by atoms with Crippen molar-refractivity contribution in [2.45, 2.75) is 77.9 Å². The van der Waals surface area contributed by atoms with Gasteiger partial charge in [-0.2, -0.15) is 0 Å². The van der Waals surface area contributed by atoms with Crippen LogP contribution in [0.5, 0.6) is 5.75 Å². The number of halogens is 1. The van der Waals surface area contributed by atoms with Crippen molar-refractivity contribution in [3.63, 3.8) is 0 Å². The minimum atomic E-state index is -0.662. The summed E-state index contributed by atoms with van der Waals surface area (Å²) >= 11 is 3.55. The minimum absolute atomic E-state index is 0.100. The zero-order valence-electron chi connectivity index (χ0n) is 23.2. The molecule has 0 spiro atoms. The lowest BCUT2D eigenvalue weighted by Crippen LogP contribution is -2.53. The standard InChI is InChI=1S/C33H39BrN2O3/c1-23-17-24(2)25(3)31(18-23)39-22-32(37)36(21-27-13-10-14-28(34)19-27)30(20-26-11-6-4-7-12-26)33(38)35-29-15-8-5-9-16-29/h4,6-7,10-14,17-19,29-30H,5,8-9,15-16,20-22H2,1-3H3,(H,35,38). The highest BCUT2D eigenvalue weighted by molar-refractivity contribution is 9.10. The normalized spacial score (nSPS) is 14.5. The van der Waals surface area contributed by atoms with E-state index < -0.39 is 6.04 Å². The number of nitrogens with zero attached hydrogens (tertiary/aromatic N) is 1. The number of carbonyl (C=O) groups excluding carboxylic acids is 2. The van der Waals surface area contributed by atoms with E-state index in [-0.39, 0.29) is 24.5 Å². The van der Waals surface area contributed by atoms with Crippen molar-refractivity contribution in [3.8, 4) is 5.75 Å². The first-order valence-electron chi connectivity index (χ1n) is 13.9. The average Bonchev–Trinajstić information content (AvgIpc) is 2.92. The largest absolute Gasteiger partial charge is 0.483 e. The summed E-state index contributed by atoms with van der Waals surface area (Å²) in [4.78, 5) is 29.5. The molecular weight excluding hydrogens is 552 g/mol. The zero-order chi connectivity index (χ0) is 27.8. The number of nitrogens with one attached hydrogen (secondary N) is 1. The Hall–Kier alpha value is -3.12. The third-order valence-corrected chi connectivity index (χ3v) is 8.07. The van der Waals surface area contributed by atoms with Gasteiger partial charge in [-0.3, -0.25) is 9.59 Å². The molecule has 0 bridgehead atoms. The molecule has 3 aromatic rings. The van der Waals surface area contributed by atoms with Crippen molar-refractivity contribution in [1.29, 1.82) is 0 Å². The molecule has 2 amide bonds. The van der Waals surface area contributed by atoms with E-state index in [4.69, 9.17) is 4.74 Å². The summed E-state index contributed by atoms with van der Waals surface area (Å²) in [6.45, 7) is 6.24. The second kappa shape index (κ2) is 13.8. The van der Waals surface area contributed by atoms with E-state index in [9.17, 15) is 9.59 Å². The first-order chi connectivity index (χ1) is 18.8. The average molecular weight is 592 g/mol. The van der Waals surface area contributed by atoms with Gasteiger partial charge < -0.3 is 15.0 Å². The Balaban J connectivity index is 1.63. The molecule has 206 valence electrons. The van der Waals surface area contributed by atoms with Crippen molar-refractivity contribution < 1.29 is 14.3 Å². The molecule has 1 unspecified atom stereocenters. The lowest BCUT2D eigenvalue weighted by atomic mass is 9.94. The van der Waals surface area contributed by atoms with Crippen LogP contribution in [0.1, 0.15) is 59.9 Å². The Morgan fingerprint density at radius 2 is 1.67 bits per heavy atom. The lowest BCUT2D eigenvalue weighted by molar-refractivity contribution is -0.143. The fourth-order valence-electron chi connectivity index (χ4n) is 5.30. The number of rotatable bonds is 10. The number of carbonyl (C=O) groups is 2. The second-order valence-corrected chi connectivity index (χ2v) is 11.6. The van der Waals surface area contributed by atoms with Gasteiger partial charge in [0.25, 0.3) is 5.91 Å². The summed E-state index contributed by atoms with van der Waals surface area (Å²) in [5, 5.41) is 3.29. The molecule has 1 fully saturated rings. The molecule has 1 N–H and O–H groups in total. The van der Waals surface area contributed by atoms with Crippen LogP contribution in [-0.4, -0.2) is 35.4 Å². The molecule has 3 aromatic carbocycles. The van der Waals surface area contributed by atoms with Gasteiger partial charge in [0.15, 0.2) is 6.61 Å². The predicted octanol–water partition coefficient (Wildman–Crippen LogP) is 6.84. The number of benzene rings is 3. The number of amides is 2. The van der Waals surface area contributed by atoms with Crippen LogP contribution >= 0.6 is 15.9 Å². The van der Waals surface area contributed by atoms with Crippen LogP contribution in [0.15, 0.2) is 71.2 Å². The highest BCUT2D eigenvalue weighted by atomic mass is 79.9. The zero-order valence-corrected chi connectivity index (χ0v) is 24.8. The van der Waals surface area contributed by atoms with E-state index in [2.05, 4.69) is 27.3 Å². The molecule has 0 aromatic heterocycles. The lowest BCUT2D eigenvalue weighted by Gasteiger charge is -2.33. The van der Waals surface area contributed by atoms with Gasteiger partial charge in [0, 0.05) is 23.5 Å². The molecular formula is C33H39BrN2O3. The van der Waals surface area contributed by atoms with Gasteiger partial charge in [0.05, 0.1) is 0 Å². The Morgan fingerprint density at radius 3 is 2.38 bits per heavy atom. The summed E-state index contributed by atoms with van der Waals surface area (Å²) < 4.78 is 7.03. The summed E-state index contributed by atoms with van der Waals surface area (Å²) in [5.74, 6) is 0.388. The van der Waals surface area contributed by atoms with Crippen LogP contribution < -0.4 is 10.1 Å². The minimum Gasteiger partial charge on any atom is -0.483 e. The summed E-state index contributed by atoms with van der Waals surface area (Å²) in [6, 6.07) is 21.4. The first kappa shape index (κ1) is 28.9. The van der Waals surface area contributed by atoms with Gasteiger partial charge in [-0.05, 0) is 79.6 Å². The molecule has 1 aliphatic rings. The smallest absolute Gasteiger partial charge is 0.261 e. The number of aryl methyl sites for hydroxylation is 2. The van der Waals surface area contributed by atoms with Gasteiger partial charge in [0.1, 0.15) is 11.8 Å². The molecule has 1 aliphatic carbocycles. The van der Waals surface area contributed by atoms with Crippen LogP contribution in [-0.2, 0) is 22.6 Å². The van der Waals surface area contributed by atoms with Crippen LogP contribution in [0.2, 0.25) is 0 Å². The maximum Gasteiger partial charge on any atom is 0.261 e. The number of hydrogen-bond acceptors (Lipinski definition) is 3. The first-order valence-corrected chi connectivity index (χ1v) is 14.7. The van der Waals surface area contributed by atoms with Crippen molar-refractivity contribution >= 4 is 27.7 Å². The number of hydrogen-bond donors (Lipinski definition) is 1. The van der Waals surface area contributed by atoms with Crippen LogP contribution in [0.4, 0.5) is 0 Å². The Kier molecular flexibility index (Phi) is 10.2.